The molecule has 4 heterocycles. The maximum absolute atomic E-state index is 6.69. The standard InChI is InChI=1S/C44H24N4OS2/c1-3-12-25(13-4-1)41-46-42(31-19-11-18-29-27-16-7-9-20-34(27)51-40(29)31)48-43(47-41)32-24-33-39(49-44(45-33)26-14-5-2-6-15-26)38-28(32)22-23-36-37(38)30-17-8-10-21-35(30)50-36/h1-24H. The molecule has 0 spiro atoms. The van der Waals surface area contributed by atoms with E-state index in [4.69, 9.17) is 24.4 Å². The highest BCUT2D eigenvalue weighted by molar-refractivity contribution is 7.26. The van der Waals surface area contributed by atoms with Crippen LogP contribution in [0, 0.1) is 0 Å². The number of hydrogen-bond donors (Lipinski definition) is 0. The zero-order valence-corrected chi connectivity index (χ0v) is 28.5. The molecule has 11 rings (SSSR count). The number of thiophene rings is 2. The molecule has 11 aromatic rings. The Balaban J connectivity index is 1.25. The second-order valence-corrected chi connectivity index (χ2v) is 14.7. The summed E-state index contributed by atoms with van der Waals surface area (Å²) in [4.78, 5) is 20.7. The summed E-state index contributed by atoms with van der Waals surface area (Å²) in [6.07, 6.45) is 0. The molecular weight excluding hydrogens is 665 g/mol. The minimum Gasteiger partial charge on any atom is -0.435 e. The van der Waals surface area contributed by atoms with Crippen LogP contribution in [-0.4, -0.2) is 19.9 Å². The van der Waals surface area contributed by atoms with Crippen LogP contribution in [0.1, 0.15) is 0 Å². The molecule has 51 heavy (non-hydrogen) atoms. The molecule has 0 atom stereocenters. The molecule has 0 N–H and O–H groups in total. The van der Waals surface area contributed by atoms with Crippen LogP contribution in [0.25, 0.3) is 108 Å². The van der Waals surface area contributed by atoms with Crippen LogP contribution in [0.5, 0.6) is 0 Å². The largest absolute Gasteiger partial charge is 0.435 e. The minimum absolute atomic E-state index is 0.582. The average molecular weight is 689 g/mol. The lowest BCUT2D eigenvalue weighted by Gasteiger charge is -2.12. The van der Waals surface area contributed by atoms with Crippen molar-refractivity contribution in [2.75, 3.05) is 0 Å². The van der Waals surface area contributed by atoms with Gasteiger partial charge in [-0.3, -0.25) is 0 Å². The fraction of sp³-hybridized carbons (Fsp3) is 0. The summed E-state index contributed by atoms with van der Waals surface area (Å²) in [5.41, 5.74) is 5.24. The van der Waals surface area contributed by atoms with Crippen molar-refractivity contribution < 1.29 is 4.42 Å². The quantitative estimate of drug-likeness (QED) is 0.184. The Morgan fingerprint density at radius 2 is 1.06 bits per heavy atom. The van der Waals surface area contributed by atoms with Crippen LogP contribution in [0.4, 0.5) is 0 Å². The van der Waals surface area contributed by atoms with Crippen molar-refractivity contribution in [3.8, 4) is 45.6 Å². The van der Waals surface area contributed by atoms with Gasteiger partial charge >= 0.3 is 0 Å². The molecule has 4 aromatic heterocycles. The van der Waals surface area contributed by atoms with Crippen molar-refractivity contribution in [1.29, 1.82) is 0 Å². The predicted molar refractivity (Wildman–Crippen MR) is 212 cm³/mol. The Kier molecular flexibility index (Phi) is 6.22. The van der Waals surface area contributed by atoms with Crippen molar-refractivity contribution in [3.63, 3.8) is 0 Å². The van der Waals surface area contributed by atoms with E-state index in [-0.39, 0.29) is 0 Å². The van der Waals surface area contributed by atoms with Gasteiger partial charge in [0.2, 0.25) is 5.89 Å². The van der Waals surface area contributed by atoms with Gasteiger partial charge in [0.1, 0.15) is 5.52 Å². The summed E-state index contributed by atoms with van der Waals surface area (Å²) >= 11 is 3.56. The molecule has 7 aromatic carbocycles. The molecule has 7 heteroatoms. The Labute approximate surface area is 299 Å². The van der Waals surface area contributed by atoms with E-state index in [9.17, 15) is 0 Å². The van der Waals surface area contributed by atoms with Crippen molar-refractivity contribution >= 4 is 84.9 Å². The number of oxazole rings is 1. The van der Waals surface area contributed by atoms with Gasteiger partial charge in [-0.2, -0.15) is 0 Å². The Morgan fingerprint density at radius 1 is 0.412 bits per heavy atom. The number of rotatable bonds is 4. The molecule has 238 valence electrons. The molecule has 0 aliphatic rings. The smallest absolute Gasteiger partial charge is 0.227 e. The lowest BCUT2D eigenvalue weighted by molar-refractivity contribution is 0.623. The van der Waals surface area contributed by atoms with E-state index in [2.05, 4.69) is 97.1 Å². The highest BCUT2D eigenvalue weighted by Crippen LogP contribution is 2.45. The first-order valence-electron chi connectivity index (χ1n) is 16.7. The zero-order chi connectivity index (χ0) is 33.5. The molecule has 0 saturated heterocycles. The molecular formula is C44H24N4OS2. The third kappa shape index (κ3) is 4.45. The van der Waals surface area contributed by atoms with E-state index in [1.807, 2.05) is 48.5 Å². The Hall–Kier alpha value is -6.28. The van der Waals surface area contributed by atoms with Gasteiger partial charge in [-0.05, 0) is 47.9 Å². The van der Waals surface area contributed by atoms with Crippen molar-refractivity contribution in [1.82, 2.24) is 19.9 Å². The van der Waals surface area contributed by atoms with Crippen molar-refractivity contribution in [2.45, 2.75) is 0 Å². The second-order valence-electron chi connectivity index (χ2n) is 12.6. The minimum atomic E-state index is 0.582. The first-order valence-corrected chi connectivity index (χ1v) is 18.4. The first kappa shape index (κ1) is 28.5. The van der Waals surface area contributed by atoms with E-state index >= 15 is 0 Å². The van der Waals surface area contributed by atoms with Gasteiger partial charge < -0.3 is 4.42 Å². The Bertz CT molecular complexity index is 3150. The van der Waals surface area contributed by atoms with Gasteiger partial charge in [-0.1, -0.05) is 103 Å². The van der Waals surface area contributed by atoms with E-state index in [0.29, 0.717) is 23.4 Å². The zero-order valence-electron chi connectivity index (χ0n) is 26.9. The summed E-state index contributed by atoms with van der Waals surface area (Å²) < 4.78 is 11.5. The summed E-state index contributed by atoms with van der Waals surface area (Å²) in [7, 11) is 0. The fourth-order valence-corrected chi connectivity index (χ4v) is 9.57. The SMILES string of the molecule is c1ccc(-c2nc(-c3cc4nc(-c5ccccc5)oc4c4c3ccc3sc5ccccc5c34)nc(-c3cccc4c3sc3ccccc34)n2)cc1. The summed E-state index contributed by atoms with van der Waals surface area (Å²) in [6, 6.07) is 50.2. The first-order chi connectivity index (χ1) is 25.3. The molecule has 0 saturated carbocycles. The number of nitrogens with zero attached hydrogens (tertiary/aromatic N) is 4. The van der Waals surface area contributed by atoms with Gasteiger partial charge in [0.05, 0.1) is 0 Å². The van der Waals surface area contributed by atoms with Gasteiger partial charge in [0.25, 0.3) is 0 Å². The molecule has 0 aliphatic carbocycles. The van der Waals surface area contributed by atoms with Crippen molar-refractivity contribution in [3.05, 3.63) is 146 Å². The molecule has 5 nitrogen and oxygen atoms in total. The van der Waals surface area contributed by atoms with Crippen LogP contribution in [0.3, 0.4) is 0 Å². The van der Waals surface area contributed by atoms with E-state index in [0.717, 1.165) is 54.2 Å². The second kappa shape index (κ2) is 11.1. The fourth-order valence-electron chi connectivity index (χ4n) is 7.25. The number of aromatic nitrogens is 4. The summed E-state index contributed by atoms with van der Waals surface area (Å²) in [5, 5.41) is 6.80. The average Bonchev–Trinajstić information content (AvgIpc) is 3.91. The van der Waals surface area contributed by atoms with Crippen LogP contribution in [-0.2, 0) is 0 Å². The van der Waals surface area contributed by atoms with E-state index < -0.39 is 0 Å². The third-order valence-electron chi connectivity index (χ3n) is 9.57. The molecule has 0 radical (unpaired) electrons. The monoisotopic (exact) mass is 688 g/mol. The highest BCUT2D eigenvalue weighted by atomic mass is 32.1. The number of hydrogen-bond acceptors (Lipinski definition) is 7. The lowest BCUT2D eigenvalue weighted by Crippen LogP contribution is -2.01. The maximum atomic E-state index is 6.69. The van der Waals surface area contributed by atoms with Crippen LogP contribution in [0.15, 0.2) is 150 Å². The molecule has 0 unspecified atom stereocenters. The highest BCUT2D eigenvalue weighted by Gasteiger charge is 2.23. The number of benzene rings is 7. The molecule has 0 bridgehead atoms. The molecule has 0 aliphatic heterocycles. The van der Waals surface area contributed by atoms with Crippen molar-refractivity contribution in [2.24, 2.45) is 0 Å². The van der Waals surface area contributed by atoms with Gasteiger partial charge in [0, 0.05) is 68.0 Å². The third-order valence-corrected chi connectivity index (χ3v) is 11.9. The normalized spacial score (nSPS) is 11.9. The molecule has 0 amide bonds. The summed E-state index contributed by atoms with van der Waals surface area (Å²) in [5.74, 6) is 2.43. The van der Waals surface area contributed by atoms with Crippen LogP contribution in [0.2, 0.25) is 0 Å². The lowest BCUT2D eigenvalue weighted by atomic mass is 9.98. The Morgan fingerprint density at radius 3 is 1.86 bits per heavy atom. The van der Waals surface area contributed by atoms with Crippen LogP contribution < -0.4 is 0 Å². The topological polar surface area (TPSA) is 64.7 Å². The van der Waals surface area contributed by atoms with E-state index in [1.165, 1.54) is 30.3 Å². The number of fused-ring (bicyclic) bond motifs is 10. The van der Waals surface area contributed by atoms with Crippen LogP contribution >= 0.6 is 22.7 Å². The summed E-state index contributed by atoms with van der Waals surface area (Å²) in [6.45, 7) is 0. The van der Waals surface area contributed by atoms with E-state index in [1.54, 1.807) is 22.7 Å². The predicted octanol–water partition coefficient (Wildman–Crippen LogP) is 12.6. The van der Waals surface area contributed by atoms with Gasteiger partial charge in [0.15, 0.2) is 23.1 Å². The van der Waals surface area contributed by atoms with Gasteiger partial charge in [-0.25, -0.2) is 19.9 Å². The van der Waals surface area contributed by atoms with Gasteiger partial charge in [-0.15, -0.1) is 22.7 Å². The molecule has 0 fully saturated rings. The maximum Gasteiger partial charge on any atom is 0.227 e.